The van der Waals surface area contributed by atoms with E-state index >= 15 is 0 Å². The van der Waals surface area contributed by atoms with Crippen molar-refractivity contribution in [2.75, 3.05) is 13.2 Å². The second-order valence-corrected chi connectivity index (χ2v) is 5.76. The van der Waals surface area contributed by atoms with Crippen molar-refractivity contribution < 1.29 is 4.74 Å². The zero-order chi connectivity index (χ0) is 14.7. The van der Waals surface area contributed by atoms with Crippen LogP contribution >= 0.6 is 11.6 Å². The van der Waals surface area contributed by atoms with Crippen molar-refractivity contribution >= 4 is 17.4 Å². The summed E-state index contributed by atoms with van der Waals surface area (Å²) in [5, 5.41) is 8.11. The van der Waals surface area contributed by atoms with Gasteiger partial charge >= 0.3 is 0 Å². The molecule has 20 heavy (non-hydrogen) atoms. The van der Waals surface area contributed by atoms with Crippen LogP contribution in [0.5, 0.6) is 0 Å². The quantitative estimate of drug-likeness (QED) is 0.663. The molecule has 1 aliphatic rings. The van der Waals surface area contributed by atoms with Gasteiger partial charge in [0.15, 0.2) is 0 Å². The average Bonchev–Trinajstić information content (AvgIpc) is 2.41. The second kappa shape index (κ2) is 6.57. The fraction of sp³-hybridized carbons (Fsp3) is 0.533. The van der Waals surface area contributed by atoms with Crippen LogP contribution in [-0.4, -0.2) is 36.0 Å². The van der Waals surface area contributed by atoms with Gasteiger partial charge in [0, 0.05) is 29.7 Å². The molecule has 1 aromatic carbocycles. The van der Waals surface area contributed by atoms with Gasteiger partial charge in [-0.05, 0) is 25.0 Å². The van der Waals surface area contributed by atoms with Crippen molar-refractivity contribution in [1.29, 1.82) is 5.41 Å². The number of halogens is 1. The molecule has 5 heteroatoms. The molecule has 3 N–H and O–H groups in total. The fourth-order valence-corrected chi connectivity index (χ4v) is 2.78. The Hall–Kier alpha value is -1.10. The van der Waals surface area contributed by atoms with Gasteiger partial charge in [-0.15, -0.1) is 0 Å². The standard InChI is InChI=1S/C15H22ClN3O/c1-3-13-9-20-10(2)7-19(13)8-12-5-4-11(15(17)18)6-14(12)16/h4-6,10,13H,3,7-9H2,1-2H3,(H3,17,18). The van der Waals surface area contributed by atoms with Crippen LogP contribution in [-0.2, 0) is 11.3 Å². The van der Waals surface area contributed by atoms with Crippen LogP contribution in [0.4, 0.5) is 0 Å². The normalized spacial score (nSPS) is 23.8. The average molecular weight is 296 g/mol. The third-order valence-electron chi connectivity index (χ3n) is 3.79. The second-order valence-electron chi connectivity index (χ2n) is 5.36. The molecule has 0 amide bonds. The number of rotatable bonds is 4. The Labute approximate surface area is 125 Å². The van der Waals surface area contributed by atoms with Crippen LogP contribution in [0.3, 0.4) is 0 Å². The molecule has 0 saturated carbocycles. The van der Waals surface area contributed by atoms with Crippen molar-refractivity contribution in [3.05, 3.63) is 34.3 Å². The molecule has 2 unspecified atom stereocenters. The fourth-order valence-electron chi connectivity index (χ4n) is 2.54. The number of morpholine rings is 1. The Bertz CT molecular complexity index is 492. The first kappa shape index (κ1) is 15.3. The summed E-state index contributed by atoms with van der Waals surface area (Å²) < 4.78 is 5.71. The van der Waals surface area contributed by atoms with E-state index in [9.17, 15) is 0 Å². The SMILES string of the molecule is CCC1COC(C)CN1Cc1ccc(C(=N)N)cc1Cl. The third kappa shape index (κ3) is 3.51. The number of hydrogen-bond acceptors (Lipinski definition) is 3. The summed E-state index contributed by atoms with van der Waals surface area (Å²) >= 11 is 6.31. The van der Waals surface area contributed by atoms with Gasteiger partial charge in [0.05, 0.1) is 12.7 Å². The molecule has 0 spiro atoms. The summed E-state index contributed by atoms with van der Waals surface area (Å²) in [5.74, 6) is 0.0462. The summed E-state index contributed by atoms with van der Waals surface area (Å²) in [4.78, 5) is 2.42. The minimum Gasteiger partial charge on any atom is -0.384 e. The Morgan fingerprint density at radius 3 is 2.90 bits per heavy atom. The summed E-state index contributed by atoms with van der Waals surface area (Å²) in [7, 11) is 0. The number of amidine groups is 1. The number of nitrogens with two attached hydrogens (primary N) is 1. The highest BCUT2D eigenvalue weighted by Gasteiger charge is 2.25. The molecule has 1 heterocycles. The maximum atomic E-state index is 7.44. The first-order valence-corrected chi connectivity index (χ1v) is 7.37. The predicted molar refractivity (Wildman–Crippen MR) is 82.4 cm³/mol. The van der Waals surface area contributed by atoms with Gasteiger partial charge in [0.2, 0.25) is 0 Å². The first-order valence-electron chi connectivity index (χ1n) is 6.99. The molecule has 2 atom stereocenters. The maximum absolute atomic E-state index is 7.44. The van der Waals surface area contributed by atoms with Gasteiger partial charge in [-0.2, -0.15) is 0 Å². The minimum atomic E-state index is 0.0462. The van der Waals surface area contributed by atoms with E-state index in [4.69, 9.17) is 27.5 Å². The summed E-state index contributed by atoms with van der Waals surface area (Å²) in [6, 6.07) is 6.03. The number of nitrogens with one attached hydrogen (secondary N) is 1. The van der Waals surface area contributed by atoms with E-state index in [1.165, 1.54) is 0 Å². The lowest BCUT2D eigenvalue weighted by Crippen LogP contribution is -2.47. The number of hydrogen-bond donors (Lipinski definition) is 2. The topological polar surface area (TPSA) is 62.3 Å². The van der Waals surface area contributed by atoms with Crippen LogP contribution in [0.2, 0.25) is 5.02 Å². The highest BCUT2D eigenvalue weighted by atomic mass is 35.5. The van der Waals surface area contributed by atoms with E-state index in [-0.39, 0.29) is 11.9 Å². The third-order valence-corrected chi connectivity index (χ3v) is 4.14. The molecule has 1 fully saturated rings. The Morgan fingerprint density at radius 1 is 1.55 bits per heavy atom. The molecule has 0 aliphatic carbocycles. The maximum Gasteiger partial charge on any atom is 0.122 e. The van der Waals surface area contributed by atoms with Crippen LogP contribution in [0.1, 0.15) is 31.4 Å². The number of ether oxygens (including phenoxy) is 1. The Balaban J connectivity index is 2.13. The number of nitrogens with zero attached hydrogens (tertiary/aromatic N) is 1. The van der Waals surface area contributed by atoms with Crippen molar-refractivity contribution in [3.63, 3.8) is 0 Å². The Kier molecular flexibility index (Phi) is 5.02. The molecule has 110 valence electrons. The minimum absolute atomic E-state index is 0.0462. The summed E-state index contributed by atoms with van der Waals surface area (Å²) in [6.07, 6.45) is 1.32. The molecule has 1 saturated heterocycles. The predicted octanol–water partition coefficient (Wildman–Crippen LogP) is 2.62. The van der Waals surface area contributed by atoms with E-state index in [1.54, 1.807) is 6.07 Å². The molecule has 0 aromatic heterocycles. The smallest absolute Gasteiger partial charge is 0.122 e. The molecule has 0 bridgehead atoms. The van der Waals surface area contributed by atoms with E-state index in [0.717, 1.165) is 31.7 Å². The summed E-state index contributed by atoms with van der Waals surface area (Å²) in [5.41, 5.74) is 7.22. The van der Waals surface area contributed by atoms with Gasteiger partial charge in [-0.3, -0.25) is 10.3 Å². The molecule has 1 aromatic rings. The molecular formula is C15H22ClN3O. The van der Waals surface area contributed by atoms with Crippen LogP contribution in [0.25, 0.3) is 0 Å². The van der Waals surface area contributed by atoms with E-state index in [2.05, 4.69) is 18.7 Å². The van der Waals surface area contributed by atoms with E-state index in [1.807, 2.05) is 12.1 Å². The van der Waals surface area contributed by atoms with E-state index < -0.39 is 0 Å². The highest BCUT2D eigenvalue weighted by molar-refractivity contribution is 6.31. The Morgan fingerprint density at radius 2 is 2.30 bits per heavy atom. The van der Waals surface area contributed by atoms with Crippen molar-refractivity contribution in [2.45, 2.75) is 39.0 Å². The van der Waals surface area contributed by atoms with Crippen LogP contribution in [0.15, 0.2) is 18.2 Å². The molecule has 0 radical (unpaired) electrons. The van der Waals surface area contributed by atoms with Crippen molar-refractivity contribution in [2.24, 2.45) is 5.73 Å². The van der Waals surface area contributed by atoms with E-state index in [0.29, 0.717) is 16.6 Å². The monoisotopic (exact) mass is 295 g/mol. The van der Waals surface area contributed by atoms with Gasteiger partial charge in [0.25, 0.3) is 0 Å². The van der Waals surface area contributed by atoms with Gasteiger partial charge in [-0.1, -0.05) is 30.7 Å². The van der Waals surface area contributed by atoms with Gasteiger partial charge in [-0.25, -0.2) is 0 Å². The molecular weight excluding hydrogens is 274 g/mol. The number of nitrogen functional groups attached to an aromatic ring is 1. The molecule has 1 aliphatic heterocycles. The molecule has 2 rings (SSSR count). The van der Waals surface area contributed by atoms with Gasteiger partial charge in [0.1, 0.15) is 5.84 Å². The van der Waals surface area contributed by atoms with Crippen molar-refractivity contribution in [1.82, 2.24) is 4.90 Å². The molecule has 4 nitrogen and oxygen atoms in total. The lowest BCUT2D eigenvalue weighted by Gasteiger charge is -2.38. The van der Waals surface area contributed by atoms with Gasteiger partial charge < -0.3 is 10.5 Å². The zero-order valence-electron chi connectivity index (χ0n) is 12.0. The zero-order valence-corrected chi connectivity index (χ0v) is 12.8. The lowest BCUT2D eigenvalue weighted by molar-refractivity contribution is -0.0591. The largest absolute Gasteiger partial charge is 0.384 e. The first-order chi connectivity index (χ1) is 9.51. The lowest BCUT2D eigenvalue weighted by atomic mass is 10.1. The van der Waals surface area contributed by atoms with Crippen LogP contribution < -0.4 is 5.73 Å². The highest BCUT2D eigenvalue weighted by Crippen LogP contribution is 2.23. The summed E-state index contributed by atoms with van der Waals surface area (Å²) in [6.45, 7) is 6.78. The number of benzene rings is 1. The van der Waals surface area contributed by atoms with Crippen LogP contribution in [0, 0.1) is 5.41 Å². The van der Waals surface area contributed by atoms with Crippen molar-refractivity contribution in [3.8, 4) is 0 Å².